The maximum atomic E-state index is 13.4. The number of hydrogen-bond acceptors (Lipinski definition) is 2. The lowest BCUT2D eigenvalue weighted by atomic mass is 10.1. The van der Waals surface area contributed by atoms with Crippen molar-refractivity contribution in [2.75, 3.05) is 13.1 Å². The Hall–Kier alpha value is -3.35. The molecule has 0 aliphatic rings. The number of nitrogens with one attached hydrogen (secondary N) is 2. The number of carbonyl (C=O) groups is 2. The number of H-pyrrole nitrogens is 1. The van der Waals surface area contributed by atoms with E-state index in [0.29, 0.717) is 19.5 Å². The lowest BCUT2D eigenvalue weighted by molar-refractivity contribution is -0.132. The molecule has 0 unspecified atom stereocenters. The van der Waals surface area contributed by atoms with Crippen molar-refractivity contribution < 1.29 is 14.0 Å². The summed E-state index contributed by atoms with van der Waals surface area (Å²) < 4.78 is 13.4. The number of para-hydroxylation sites is 1. The number of aromatic nitrogens is 1. The van der Waals surface area contributed by atoms with E-state index in [9.17, 15) is 14.0 Å². The van der Waals surface area contributed by atoms with E-state index in [2.05, 4.69) is 16.4 Å². The largest absolute Gasteiger partial charge is 0.361 e. The molecule has 3 aromatic rings. The normalized spacial score (nSPS) is 11.6. The van der Waals surface area contributed by atoms with Crippen LogP contribution in [0.1, 0.15) is 45.7 Å². The molecular weight excluding hydrogens is 431 g/mol. The second-order valence-electron chi connectivity index (χ2n) is 9.95. The molecule has 2 N–H and O–H groups in total. The third-order valence-corrected chi connectivity index (χ3v) is 5.64. The molecule has 6 nitrogen and oxygen atoms in total. The molecule has 7 heteroatoms. The second-order valence-corrected chi connectivity index (χ2v) is 9.95. The predicted molar refractivity (Wildman–Crippen MR) is 134 cm³/mol. The Balaban J connectivity index is 1.78. The summed E-state index contributed by atoms with van der Waals surface area (Å²) in [5, 5.41) is 4.08. The highest BCUT2D eigenvalue weighted by atomic mass is 19.1. The summed E-state index contributed by atoms with van der Waals surface area (Å²) in [5.74, 6) is -0.466. The van der Waals surface area contributed by atoms with Gasteiger partial charge in [-0.1, -0.05) is 30.3 Å². The average molecular weight is 467 g/mol. The lowest BCUT2D eigenvalue weighted by Gasteiger charge is -2.33. The minimum absolute atomic E-state index is 0.0331. The van der Waals surface area contributed by atoms with Gasteiger partial charge in [0, 0.05) is 41.8 Å². The zero-order chi connectivity index (χ0) is 24.9. The van der Waals surface area contributed by atoms with Crippen LogP contribution in [0.15, 0.2) is 54.7 Å². The fourth-order valence-corrected chi connectivity index (χ4v) is 3.82. The number of carbonyl (C=O) groups excluding carboxylic acids is 2. The third-order valence-electron chi connectivity index (χ3n) is 5.64. The molecule has 0 aliphatic heterocycles. The molecular formula is C27H35FN4O2. The first-order chi connectivity index (χ1) is 16.0. The van der Waals surface area contributed by atoms with Crippen molar-refractivity contribution in [1.29, 1.82) is 0 Å². The van der Waals surface area contributed by atoms with Crippen molar-refractivity contribution in [2.45, 2.75) is 59.2 Å². The smallest absolute Gasteiger partial charge is 0.318 e. The Morgan fingerprint density at radius 3 is 2.38 bits per heavy atom. The van der Waals surface area contributed by atoms with Gasteiger partial charge < -0.3 is 20.1 Å². The van der Waals surface area contributed by atoms with E-state index < -0.39 is 5.54 Å². The van der Waals surface area contributed by atoms with Gasteiger partial charge in [-0.25, -0.2) is 9.18 Å². The summed E-state index contributed by atoms with van der Waals surface area (Å²) in [4.78, 5) is 32.9. The summed E-state index contributed by atoms with van der Waals surface area (Å²) in [7, 11) is 0. The van der Waals surface area contributed by atoms with Crippen LogP contribution in [0.2, 0.25) is 0 Å². The van der Waals surface area contributed by atoms with Crippen molar-refractivity contribution in [1.82, 2.24) is 20.1 Å². The summed E-state index contributed by atoms with van der Waals surface area (Å²) in [5.41, 5.74) is 2.61. The van der Waals surface area contributed by atoms with E-state index >= 15 is 0 Å². The molecule has 3 rings (SSSR count). The zero-order valence-electron chi connectivity index (χ0n) is 20.7. The van der Waals surface area contributed by atoms with Crippen LogP contribution in [0, 0.1) is 5.82 Å². The minimum Gasteiger partial charge on any atom is -0.361 e. The fourth-order valence-electron chi connectivity index (χ4n) is 3.82. The van der Waals surface area contributed by atoms with Gasteiger partial charge in [0.25, 0.3) is 0 Å². The summed E-state index contributed by atoms with van der Waals surface area (Å²) >= 11 is 0. The van der Waals surface area contributed by atoms with Crippen molar-refractivity contribution in [3.8, 4) is 0 Å². The van der Waals surface area contributed by atoms with E-state index in [1.807, 2.05) is 59.0 Å². The molecule has 182 valence electrons. The molecule has 0 bridgehead atoms. The van der Waals surface area contributed by atoms with Gasteiger partial charge in [0.15, 0.2) is 0 Å². The van der Waals surface area contributed by atoms with Gasteiger partial charge in [0.2, 0.25) is 5.91 Å². The molecule has 34 heavy (non-hydrogen) atoms. The molecule has 3 amide bonds. The standard InChI is InChI=1S/C27H35FN4O2/c1-19(2)32(26(34)30-27(3,4)5)18-25(33)31(17-20-10-12-22(28)13-11-20)15-14-21-16-29-24-9-7-6-8-23(21)24/h6-13,16,19,29H,14-15,17-18H2,1-5H3,(H,30,34). The van der Waals surface area contributed by atoms with Crippen LogP contribution in [-0.4, -0.2) is 51.4 Å². The second kappa shape index (κ2) is 10.7. The number of nitrogens with zero attached hydrogens (tertiary/aromatic N) is 2. The fraction of sp³-hybridized carbons (Fsp3) is 0.407. The number of halogens is 1. The van der Waals surface area contributed by atoms with E-state index in [0.717, 1.165) is 22.0 Å². The highest BCUT2D eigenvalue weighted by Gasteiger charge is 2.26. The van der Waals surface area contributed by atoms with Gasteiger partial charge in [-0.3, -0.25) is 4.79 Å². The Bertz CT molecular complexity index is 1120. The van der Waals surface area contributed by atoms with Gasteiger partial charge in [0.05, 0.1) is 0 Å². The Morgan fingerprint density at radius 1 is 1.06 bits per heavy atom. The van der Waals surface area contributed by atoms with Crippen molar-refractivity contribution >= 4 is 22.8 Å². The zero-order valence-corrected chi connectivity index (χ0v) is 20.7. The summed E-state index contributed by atoms with van der Waals surface area (Å²) in [6, 6.07) is 13.8. The van der Waals surface area contributed by atoms with Crippen LogP contribution < -0.4 is 5.32 Å². The number of rotatable bonds is 8. The summed E-state index contributed by atoms with van der Waals surface area (Å²) in [6.07, 6.45) is 2.63. The topological polar surface area (TPSA) is 68.4 Å². The monoisotopic (exact) mass is 466 g/mol. The molecule has 0 spiro atoms. The Morgan fingerprint density at radius 2 is 1.74 bits per heavy atom. The highest BCUT2D eigenvalue weighted by Crippen LogP contribution is 2.19. The molecule has 0 radical (unpaired) electrons. The van der Waals surface area contributed by atoms with Gasteiger partial charge in [-0.05, 0) is 70.4 Å². The Labute approximate surface area is 201 Å². The van der Waals surface area contributed by atoms with E-state index in [4.69, 9.17) is 0 Å². The van der Waals surface area contributed by atoms with E-state index in [1.54, 1.807) is 21.9 Å². The third kappa shape index (κ3) is 6.83. The van der Waals surface area contributed by atoms with Crippen LogP contribution in [0.5, 0.6) is 0 Å². The van der Waals surface area contributed by atoms with Gasteiger partial charge in [0.1, 0.15) is 12.4 Å². The number of aromatic amines is 1. The predicted octanol–water partition coefficient (Wildman–Crippen LogP) is 5.10. The quantitative estimate of drug-likeness (QED) is 0.485. The van der Waals surface area contributed by atoms with Crippen molar-refractivity contribution in [3.63, 3.8) is 0 Å². The van der Waals surface area contributed by atoms with Crippen molar-refractivity contribution in [2.24, 2.45) is 0 Å². The van der Waals surface area contributed by atoms with Gasteiger partial charge >= 0.3 is 6.03 Å². The SMILES string of the molecule is CC(C)N(CC(=O)N(CCc1c[nH]c2ccccc12)Cc1ccc(F)cc1)C(=O)NC(C)(C)C. The van der Waals surface area contributed by atoms with Crippen molar-refractivity contribution in [3.05, 3.63) is 71.7 Å². The van der Waals surface area contributed by atoms with Crippen LogP contribution in [-0.2, 0) is 17.8 Å². The molecule has 1 aromatic heterocycles. The number of amides is 3. The molecule has 0 fully saturated rings. The number of hydrogen-bond donors (Lipinski definition) is 2. The first-order valence-corrected chi connectivity index (χ1v) is 11.7. The van der Waals surface area contributed by atoms with Gasteiger partial charge in [-0.15, -0.1) is 0 Å². The summed E-state index contributed by atoms with van der Waals surface area (Å²) in [6.45, 7) is 10.3. The molecule has 0 saturated heterocycles. The first-order valence-electron chi connectivity index (χ1n) is 11.7. The van der Waals surface area contributed by atoms with E-state index in [-0.39, 0.29) is 30.3 Å². The molecule has 2 aromatic carbocycles. The molecule has 0 atom stereocenters. The number of urea groups is 1. The van der Waals surface area contributed by atoms with E-state index in [1.165, 1.54) is 12.1 Å². The Kier molecular flexibility index (Phi) is 7.97. The average Bonchev–Trinajstić information content (AvgIpc) is 3.17. The number of benzene rings is 2. The maximum absolute atomic E-state index is 13.4. The van der Waals surface area contributed by atoms with Gasteiger partial charge in [-0.2, -0.15) is 0 Å². The molecule has 1 heterocycles. The van der Waals surface area contributed by atoms with Crippen LogP contribution in [0.25, 0.3) is 10.9 Å². The molecule has 0 saturated carbocycles. The lowest BCUT2D eigenvalue weighted by Crippen LogP contribution is -2.53. The minimum atomic E-state index is -0.406. The molecule has 0 aliphatic carbocycles. The maximum Gasteiger partial charge on any atom is 0.318 e. The first kappa shape index (κ1) is 25.3. The van der Waals surface area contributed by atoms with Crippen LogP contribution in [0.3, 0.4) is 0 Å². The van der Waals surface area contributed by atoms with Crippen LogP contribution >= 0.6 is 0 Å². The number of fused-ring (bicyclic) bond motifs is 1. The highest BCUT2D eigenvalue weighted by molar-refractivity contribution is 5.85. The van der Waals surface area contributed by atoms with Crippen LogP contribution in [0.4, 0.5) is 9.18 Å².